The third-order valence-electron chi connectivity index (χ3n) is 5.95. The molecule has 1 aliphatic carbocycles. The molecular weight excluding hydrogens is 328 g/mol. The molecule has 1 aromatic heterocycles. The first-order valence-corrected chi connectivity index (χ1v) is 9.25. The number of benzene rings is 1. The molecule has 0 bridgehead atoms. The van der Waals surface area contributed by atoms with Crippen molar-refractivity contribution in [2.75, 3.05) is 20.2 Å². The van der Waals surface area contributed by atoms with Crippen LogP contribution in [0, 0.1) is 5.41 Å². The van der Waals surface area contributed by atoms with Gasteiger partial charge in [0.15, 0.2) is 0 Å². The molecule has 1 unspecified atom stereocenters. The summed E-state index contributed by atoms with van der Waals surface area (Å²) in [6, 6.07) is 7.76. The van der Waals surface area contributed by atoms with E-state index in [1.54, 1.807) is 13.3 Å². The lowest BCUT2D eigenvalue weighted by atomic mass is 9.93. The van der Waals surface area contributed by atoms with Gasteiger partial charge in [0.2, 0.25) is 0 Å². The summed E-state index contributed by atoms with van der Waals surface area (Å²) in [4.78, 5) is 19.9. The van der Waals surface area contributed by atoms with Gasteiger partial charge in [-0.15, -0.1) is 0 Å². The van der Waals surface area contributed by atoms with E-state index in [0.717, 1.165) is 38.2 Å². The minimum Gasteiger partial charge on any atom is -0.496 e. The van der Waals surface area contributed by atoms with Crippen LogP contribution in [0.1, 0.15) is 35.4 Å². The van der Waals surface area contributed by atoms with Crippen LogP contribution in [-0.2, 0) is 13.6 Å². The van der Waals surface area contributed by atoms with E-state index >= 15 is 0 Å². The molecule has 1 saturated heterocycles. The fourth-order valence-corrected chi connectivity index (χ4v) is 4.23. The number of para-hydroxylation sites is 1. The van der Waals surface area contributed by atoms with E-state index in [-0.39, 0.29) is 17.4 Å². The van der Waals surface area contributed by atoms with Gasteiger partial charge in [0.1, 0.15) is 11.6 Å². The number of amides is 1. The molecule has 1 saturated carbocycles. The minimum atomic E-state index is 0.0332. The van der Waals surface area contributed by atoms with Crippen LogP contribution in [0.3, 0.4) is 0 Å². The van der Waals surface area contributed by atoms with Crippen LogP contribution in [-0.4, -0.2) is 46.6 Å². The lowest BCUT2D eigenvalue weighted by Gasteiger charge is -2.30. The Balaban J connectivity index is 1.64. The van der Waals surface area contributed by atoms with Crippen molar-refractivity contribution in [1.82, 2.24) is 19.8 Å². The summed E-state index contributed by atoms with van der Waals surface area (Å²) in [6.07, 6.45) is 7.06. The van der Waals surface area contributed by atoms with E-state index in [1.807, 2.05) is 47.0 Å². The summed E-state index contributed by atoms with van der Waals surface area (Å²) in [5.41, 5.74) is 0.897. The first kappa shape index (κ1) is 17.1. The molecule has 1 spiro atoms. The van der Waals surface area contributed by atoms with Crippen LogP contribution >= 0.6 is 0 Å². The van der Waals surface area contributed by atoms with Crippen molar-refractivity contribution in [2.45, 2.75) is 31.8 Å². The molecule has 2 heterocycles. The second-order valence-electron chi connectivity index (χ2n) is 7.42. The summed E-state index contributed by atoms with van der Waals surface area (Å²) >= 11 is 0. The van der Waals surface area contributed by atoms with Crippen molar-refractivity contribution < 1.29 is 9.53 Å². The topological polar surface area (TPSA) is 59.4 Å². The zero-order valence-electron chi connectivity index (χ0n) is 15.4. The molecule has 1 amide bonds. The quantitative estimate of drug-likeness (QED) is 0.894. The Morgan fingerprint density at radius 2 is 2.15 bits per heavy atom. The third-order valence-corrected chi connectivity index (χ3v) is 5.95. The average molecular weight is 354 g/mol. The maximum Gasteiger partial charge on any atom is 0.258 e. The summed E-state index contributed by atoms with van der Waals surface area (Å²) in [5.74, 6) is 1.57. The number of hydrogen-bond donors (Lipinski definition) is 1. The highest BCUT2D eigenvalue weighted by atomic mass is 16.5. The van der Waals surface area contributed by atoms with E-state index in [9.17, 15) is 4.79 Å². The van der Waals surface area contributed by atoms with Gasteiger partial charge in [-0.2, -0.15) is 0 Å². The molecule has 1 aromatic carbocycles. The molecule has 6 heteroatoms. The monoisotopic (exact) mass is 354 g/mol. The lowest BCUT2D eigenvalue weighted by molar-refractivity contribution is 0.0682. The summed E-state index contributed by atoms with van der Waals surface area (Å²) < 4.78 is 7.42. The van der Waals surface area contributed by atoms with Crippen molar-refractivity contribution in [1.29, 1.82) is 0 Å². The fourth-order valence-electron chi connectivity index (χ4n) is 4.23. The van der Waals surface area contributed by atoms with E-state index in [2.05, 4.69) is 10.3 Å². The number of carbonyl (C=O) groups excluding carboxylic acids is 1. The van der Waals surface area contributed by atoms with Gasteiger partial charge in [-0.3, -0.25) is 4.79 Å². The molecule has 2 aromatic rings. The predicted molar refractivity (Wildman–Crippen MR) is 99.0 cm³/mol. The molecular formula is C20H26N4O2. The van der Waals surface area contributed by atoms with Gasteiger partial charge in [0, 0.05) is 25.5 Å². The maximum atomic E-state index is 13.5. The number of aromatic nitrogens is 2. The van der Waals surface area contributed by atoms with Crippen molar-refractivity contribution in [3.05, 3.63) is 48.0 Å². The third kappa shape index (κ3) is 2.98. The maximum absolute atomic E-state index is 13.5. The number of imidazole rings is 1. The van der Waals surface area contributed by atoms with Gasteiger partial charge in [0.05, 0.1) is 19.2 Å². The first-order valence-electron chi connectivity index (χ1n) is 9.25. The number of nitrogens with one attached hydrogen (secondary N) is 1. The summed E-state index contributed by atoms with van der Waals surface area (Å²) in [7, 11) is 3.59. The SMILES string of the molecule is COc1ccccc1C(=O)N(Cc1nccn1C)C1CC12CCNCC2. The zero-order chi connectivity index (χ0) is 18.1. The molecule has 4 rings (SSSR count). The number of carbonyl (C=O) groups is 1. The number of rotatable bonds is 5. The highest BCUT2D eigenvalue weighted by Gasteiger charge is 2.58. The number of ether oxygens (including phenoxy) is 1. The highest BCUT2D eigenvalue weighted by Crippen LogP contribution is 2.56. The van der Waals surface area contributed by atoms with Crippen LogP contribution in [0.15, 0.2) is 36.7 Å². The molecule has 6 nitrogen and oxygen atoms in total. The number of methoxy groups -OCH3 is 1. The van der Waals surface area contributed by atoms with Gasteiger partial charge in [0.25, 0.3) is 5.91 Å². The van der Waals surface area contributed by atoms with Crippen molar-refractivity contribution in [3.8, 4) is 5.75 Å². The summed E-state index contributed by atoms with van der Waals surface area (Å²) in [6.45, 7) is 2.60. The smallest absolute Gasteiger partial charge is 0.258 e. The van der Waals surface area contributed by atoms with E-state index in [1.165, 1.54) is 0 Å². The molecule has 138 valence electrons. The Bertz CT molecular complexity index is 795. The molecule has 2 fully saturated rings. The van der Waals surface area contributed by atoms with E-state index < -0.39 is 0 Å². The fraction of sp³-hybridized carbons (Fsp3) is 0.500. The summed E-state index contributed by atoms with van der Waals surface area (Å²) in [5, 5.41) is 3.43. The molecule has 1 aliphatic heterocycles. The Morgan fingerprint density at radius 3 is 2.85 bits per heavy atom. The van der Waals surface area contributed by atoms with Gasteiger partial charge in [-0.05, 0) is 49.9 Å². The normalized spacial score (nSPS) is 20.8. The lowest BCUT2D eigenvalue weighted by Crippen LogP contribution is -2.39. The molecule has 2 aliphatic rings. The van der Waals surface area contributed by atoms with Crippen LogP contribution in [0.4, 0.5) is 0 Å². The Labute approximate surface area is 154 Å². The van der Waals surface area contributed by atoms with Crippen LogP contribution in [0.5, 0.6) is 5.75 Å². The van der Waals surface area contributed by atoms with Crippen molar-refractivity contribution in [2.24, 2.45) is 12.5 Å². The average Bonchev–Trinajstić information content (AvgIpc) is 3.19. The largest absolute Gasteiger partial charge is 0.496 e. The van der Waals surface area contributed by atoms with Crippen molar-refractivity contribution >= 4 is 5.91 Å². The predicted octanol–water partition coefficient (Wildman–Crippen LogP) is 2.21. The number of piperidine rings is 1. The number of aryl methyl sites for hydroxylation is 1. The second-order valence-corrected chi connectivity index (χ2v) is 7.42. The molecule has 0 radical (unpaired) electrons. The van der Waals surface area contributed by atoms with Gasteiger partial charge < -0.3 is 19.5 Å². The number of hydrogen-bond acceptors (Lipinski definition) is 4. The van der Waals surface area contributed by atoms with E-state index in [4.69, 9.17) is 4.74 Å². The second kappa shape index (κ2) is 6.76. The Morgan fingerprint density at radius 1 is 1.38 bits per heavy atom. The molecule has 26 heavy (non-hydrogen) atoms. The Kier molecular flexibility index (Phi) is 4.44. The molecule has 1 atom stereocenters. The van der Waals surface area contributed by atoms with Crippen LogP contribution in [0.25, 0.3) is 0 Å². The van der Waals surface area contributed by atoms with Crippen LogP contribution in [0.2, 0.25) is 0 Å². The Hall–Kier alpha value is -2.34. The number of nitrogens with zero attached hydrogens (tertiary/aromatic N) is 3. The minimum absolute atomic E-state index is 0.0332. The van der Waals surface area contributed by atoms with Gasteiger partial charge >= 0.3 is 0 Å². The molecule has 1 N–H and O–H groups in total. The first-order chi connectivity index (χ1) is 12.6. The highest BCUT2D eigenvalue weighted by molar-refractivity contribution is 5.97. The van der Waals surface area contributed by atoms with Crippen LogP contribution < -0.4 is 10.1 Å². The zero-order valence-corrected chi connectivity index (χ0v) is 15.4. The van der Waals surface area contributed by atoms with Gasteiger partial charge in [-0.1, -0.05) is 12.1 Å². The van der Waals surface area contributed by atoms with Gasteiger partial charge in [-0.25, -0.2) is 4.98 Å². The van der Waals surface area contributed by atoms with Crippen molar-refractivity contribution in [3.63, 3.8) is 0 Å². The standard InChI is InChI=1S/C20H26N4O2/c1-23-12-11-22-18(23)14-24(17-13-20(17)7-9-21-10-8-20)19(25)15-5-3-4-6-16(15)26-2/h3-6,11-12,17,21H,7-10,13-14H2,1-2H3. The van der Waals surface area contributed by atoms with E-state index in [0.29, 0.717) is 17.9 Å².